The normalized spacial score (nSPS) is 11.4. The lowest BCUT2D eigenvalue weighted by Crippen LogP contribution is -2.08. The van der Waals surface area contributed by atoms with Crippen LogP contribution in [0, 0.1) is 5.82 Å². The molecular formula is C12H8F4N2O. The second kappa shape index (κ2) is 4.75. The van der Waals surface area contributed by atoms with Crippen molar-refractivity contribution in [2.75, 3.05) is 5.73 Å². The van der Waals surface area contributed by atoms with Gasteiger partial charge in [0.05, 0.1) is 11.3 Å². The van der Waals surface area contributed by atoms with Gasteiger partial charge in [0.25, 0.3) is 0 Å². The summed E-state index contributed by atoms with van der Waals surface area (Å²) in [6.07, 6.45) is -3.42. The quantitative estimate of drug-likeness (QED) is 0.849. The number of rotatable bonds is 2. The molecule has 0 amide bonds. The molecule has 0 saturated carbocycles. The second-order valence-corrected chi connectivity index (χ2v) is 3.64. The first-order valence-electron chi connectivity index (χ1n) is 5.13. The molecule has 7 heteroatoms. The van der Waals surface area contributed by atoms with Crippen LogP contribution in [0.25, 0.3) is 0 Å². The van der Waals surface area contributed by atoms with Crippen LogP contribution < -0.4 is 10.5 Å². The maximum absolute atomic E-state index is 13.1. The third kappa shape index (κ3) is 2.93. The molecule has 0 saturated heterocycles. The third-order valence-corrected chi connectivity index (χ3v) is 2.26. The number of nitrogens with zero attached hydrogens (tertiary/aromatic N) is 1. The van der Waals surface area contributed by atoms with Crippen LogP contribution in [0.1, 0.15) is 5.56 Å². The Morgan fingerprint density at radius 3 is 2.53 bits per heavy atom. The summed E-state index contributed by atoms with van der Waals surface area (Å²) in [5.41, 5.74) is 4.30. The highest BCUT2D eigenvalue weighted by molar-refractivity contribution is 5.49. The molecule has 0 aliphatic carbocycles. The fourth-order valence-electron chi connectivity index (χ4n) is 1.39. The van der Waals surface area contributed by atoms with E-state index in [9.17, 15) is 17.6 Å². The van der Waals surface area contributed by atoms with E-state index in [-0.39, 0.29) is 17.3 Å². The third-order valence-electron chi connectivity index (χ3n) is 2.26. The zero-order valence-corrected chi connectivity index (χ0v) is 9.41. The van der Waals surface area contributed by atoms with Crippen molar-refractivity contribution in [3.63, 3.8) is 0 Å². The van der Waals surface area contributed by atoms with Gasteiger partial charge in [-0.05, 0) is 30.3 Å². The number of hydrogen-bond acceptors (Lipinski definition) is 3. The Morgan fingerprint density at radius 2 is 1.89 bits per heavy atom. The Labute approximate surface area is 105 Å². The highest BCUT2D eigenvalue weighted by Crippen LogP contribution is 2.35. The van der Waals surface area contributed by atoms with Gasteiger partial charge in [-0.15, -0.1) is 0 Å². The van der Waals surface area contributed by atoms with Gasteiger partial charge in [-0.3, -0.25) is 0 Å². The molecule has 3 nitrogen and oxygen atoms in total. The van der Waals surface area contributed by atoms with Crippen LogP contribution in [0.15, 0.2) is 36.5 Å². The predicted molar refractivity (Wildman–Crippen MR) is 60.1 cm³/mol. The summed E-state index contributed by atoms with van der Waals surface area (Å²) in [6.45, 7) is 0. The summed E-state index contributed by atoms with van der Waals surface area (Å²) in [7, 11) is 0. The Morgan fingerprint density at radius 1 is 1.16 bits per heavy atom. The van der Waals surface area contributed by atoms with Gasteiger partial charge < -0.3 is 10.5 Å². The molecule has 19 heavy (non-hydrogen) atoms. The Balaban J connectivity index is 2.35. The van der Waals surface area contributed by atoms with Gasteiger partial charge in [-0.2, -0.15) is 13.2 Å². The van der Waals surface area contributed by atoms with Crippen molar-refractivity contribution in [1.29, 1.82) is 0 Å². The van der Waals surface area contributed by atoms with E-state index in [1.807, 2.05) is 0 Å². The van der Waals surface area contributed by atoms with Crippen LogP contribution in [0.3, 0.4) is 0 Å². The molecule has 0 atom stereocenters. The smallest absolute Gasteiger partial charge is 0.419 e. The van der Waals surface area contributed by atoms with Gasteiger partial charge in [-0.1, -0.05) is 0 Å². The van der Waals surface area contributed by atoms with E-state index in [2.05, 4.69) is 4.98 Å². The topological polar surface area (TPSA) is 48.1 Å². The molecule has 2 N–H and O–H groups in total. The minimum absolute atomic E-state index is 0.0396. The fourth-order valence-corrected chi connectivity index (χ4v) is 1.39. The SMILES string of the molecule is Nc1cccnc1Oc1ccc(F)c(C(F)(F)F)c1. The maximum atomic E-state index is 13.1. The van der Waals surface area contributed by atoms with Crippen molar-refractivity contribution in [3.05, 3.63) is 47.9 Å². The first-order chi connectivity index (χ1) is 8.88. The number of aromatic nitrogens is 1. The Hall–Kier alpha value is -2.31. The van der Waals surface area contributed by atoms with E-state index in [0.29, 0.717) is 12.1 Å². The van der Waals surface area contributed by atoms with E-state index in [1.54, 1.807) is 6.07 Å². The van der Waals surface area contributed by atoms with Crippen molar-refractivity contribution in [1.82, 2.24) is 4.98 Å². The Bertz CT molecular complexity index is 599. The van der Waals surface area contributed by atoms with Crippen LogP contribution in [0.5, 0.6) is 11.6 Å². The molecule has 1 heterocycles. The highest BCUT2D eigenvalue weighted by atomic mass is 19.4. The minimum Gasteiger partial charge on any atom is -0.437 e. The van der Waals surface area contributed by atoms with Gasteiger partial charge in [0.2, 0.25) is 5.88 Å². The lowest BCUT2D eigenvalue weighted by Gasteiger charge is -2.11. The summed E-state index contributed by atoms with van der Waals surface area (Å²) in [4.78, 5) is 3.77. The molecule has 0 radical (unpaired) electrons. The predicted octanol–water partition coefficient (Wildman–Crippen LogP) is 3.61. The summed E-state index contributed by atoms with van der Waals surface area (Å²) in [6, 6.07) is 5.34. The number of alkyl halides is 3. The molecule has 0 bridgehead atoms. The van der Waals surface area contributed by atoms with E-state index >= 15 is 0 Å². The average molecular weight is 272 g/mol. The molecule has 2 aromatic rings. The molecule has 2 rings (SSSR count). The van der Waals surface area contributed by atoms with E-state index in [0.717, 1.165) is 6.07 Å². The zero-order chi connectivity index (χ0) is 14.0. The van der Waals surface area contributed by atoms with Crippen LogP contribution >= 0.6 is 0 Å². The van der Waals surface area contributed by atoms with Crippen molar-refractivity contribution in [2.45, 2.75) is 6.18 Å². The maximum Gasteiger partial charge on any atom is 0.419 e. The summed E-state index contributed by atoms with van der Waals surface area (Å²) < 4.78 is 55.7. The van der Waals surface area contributed by atoms with Crippen molar-refractivity contribution in [3.8, 4) is 11.6 Å². The van der Waals surface area contributed by atoms with E-state index < -0.39 is 17.6 Å². The summed E-state index contributed by atoms with van der Waals surface area (Å²) in [5, 5.41) is 0. The van der Waals surface area contributed by atoms with Crippen molar-refractivity contribution < 1.29 is 22.3 Å². The number of ether oxygens (including phenoxy) is 1. The number of benzene rings is 1. The molecule has 1 aromatic carbocycles. The summed E-state index contributed by atoms with van der Waals surface area (Å²) >= 11 is 0. The largest absolute Gasteiger partial charge is 0.437 e. The zero-order valence-electron chi connectivity index (χ0n) is 9.41. The molecular weight excluding hydrogens is 264 g/mol. The fraction of sp³-hybridized carbons (Fsp3) is 0.0833. The highest BCUT2D eigenvalue weighted by Gasteiger charge is 2.34. The molecule has 0 aliphatic rings. The minimum atomic E-state index is -4.79. The number of pyridine rings is 1. The number of anilines is 1. The van der Waals surface area contributed by atoms with Crippen LogP contribution in [-0.4, -0.2) is 4.98 Å². The van der Waals surface area contributed by atoms with Crippen LogP contribution in [0.2, 0.25) is 0 Å². The van der Waals surface area contributed by atoms with Gasteiger partial charge in [-0.25, -0.2) is 9.37 Å². The molecule has 0 spiro atoms. The molecule has 0 aliphatic heterocycles. The van der Waals surface area contributed by atoms with Gasteiger partial charge in [0.15, 0.2) is 0 Å². The van der Waals surface area contributed by atoms with Gasteiger partial charge in [0, 0.05) is 6.20 Å². The Kier molecular flexibility index (Phi) is 3.28. The number of hydrogen-bond donors (Lipinski definition) is 1. The number of halogens is 4. The second-order valence-electron chi connectivity index (χ2n) is 3.64. The summed E-state index contributed by atoms with van der Waals surface area (Å²) in [5.74, 6) is -1.60. The van der Waals surface area contributed by atoms with E-state index in [1.165, 1.54) is 12.3 Å². The van der Waals surface area contributed by atoms with E-state index in [4.69, 9.17) is 10.5 Å². The monoisotopic (exact) mass is 272 g/mol. The molecule has 100 valence electrons. The first kappa shape index (κ1) is 13.1. The van der Waals surface area contributed by atoms with Crippen LogP contribution in [-0.2, 0) is 6.18 Å². The van der Waals surface area contributed by atoms with Gasteiger partial charge in [0.1, 0.15) is 11.6 Å². The number of nitrogen functional groups attached to an aromatic ring is 1. The standard InChI is InChI=1S/C12H8F4N2O/c13-9-4-3-7(6-8(9)12(14,15)16)19-11-10(17)2-1-5-18-11/h1-6H,17H2. The molecule has 0 unspecified atom stereocenters. The van der Waals surface area contributed by atoms with Crippen molar-refractivity contribution in [2.24, 2.45) is 0 Å². The van der Waals surface area contributed by atoms with Crippen LogP contribution in [0.4, 0.5) is 23.2 Å². The lowest BCUT2D eigenvalue weighted by molar-refractivity contribution is -0.140. The first-order valence-corrected chi connectivity index (χ1v) is 5.13. The molecule has 1 aromatic heterocycles. The lowest BCUT2D eigenvalue weighted by atomic mass is 10.2. The van der Waals surface area contributed by atoms with Crippen molar-refractivity contribution >= 4 is 5.69 Å². The molecule has 0 fully saturated rings. The van der Waals surface area contributed by atoms with Gasteiger partial charge >= 0.3 is 6.18 Å². The number of nitrogens with two attached hydrogens (primary N) is 1. The average Bonchev–Trinajstić information content (AvgIpc) is 2.33.